The standard InChI is InChI=1S/C20H24FN3O5S2/c1-22(30(26,27)18-6-3-2-4-7-18)16-20(25)23-12-5-13-24(15-14-23)31(28,29)19-10-8-17(21)9-11-19/h2-4,6-11H,5,12-16H2,1H3. The molecule has 3 rings (SSSR count). The molecule has 1 amide bonds. The number of amides is 1. The second-order valence-corrected chi connectivity index (χ2v) is 11.1. The average molecular weight is 470 g/mol. The molecule has 0 unspecified atom stereocenters. The Kier molecular flexibility index (Phi) is 7.10. The number of carbonyl (C=O) groups is 1. The molecule has 0 atom stereocenters. The monoisotopic (exact) mass is 469 g/mol. The topological polar surface area (TPSA) is 95.1 Å². The summed E-state index contributed by atoms with van der Waals surface area (Å²) in [6, 6.07) is 12.4. The van der Waals surface area contributed by atoms with Crippen LogP contribution < -0.4 is 0 Å². The van der Waals surface area contributed by atoms with Crippen molar-refractivity contribution in [3.8, 4) is 0 Å². The molecule has 31 heavy (non-hydrogen) atoms. The number of sulfonamides is 2. The Hall–Kier alpha value is -2.34. The molecular formula is C20H24FN3O5S2. The van der Waals surface area contributed by atoms with Gasteiger partial charge in [0.05, 0.1) is 16.3 Å². The number of benzene rings is 2. The molecule has 2 aromatic rings. The van der Waals surface area contributed by atoms with Gasteiger partial charge in [-0.25, -0.2) is 21.2 Å². The molecule has 1 aliphatic heterocycles. The number of nitrogens with zero attached hydrogens (tertiary/aromatic N) is 3. The van der Waals surface area contributed by atoms with Gasteiger partial charge in [0, 0.05) is 33.2 Å². The third kappa shape index (κ3) is 5.29. The van der Waals surface area contributed by atoms with Gasteiger partial charge in [-0.2, -0.15) is 8.61 Å². The maximum atomic E-state index is 13.1. The first-order valence-electron chi connectivity index (χ1n) is 9.67. The predicted molar refractivity (Wildman–Crippen MR) is 113 cm³/mol. The van der Waals surface area contributed by atoms with Gasteiger partial charge in [0.1, 0.15) is 5.82 Å². The molecule has 0 bridgehead atoms. The molecule has 8 nitrogen and oxygen atoms in total. The lowest BCUT2D eigenvalue weighted by molar-refractivity contribution is -0.131. The Morgan fingerprint density at radius 3 is 2.19 bits per heavy atom. The lowest BCUT2D eigenvalue weighted by Gasteiger charge is -2.24. The average Bonchev–Trinajstić information content (AvgIpc) is 3.01. The number of likely N-dealkylation sites (N-methyl/N-ethyl adjacent to an activating group) is 1. The first-order chi connectivity index (χ1) is 14.6. The SMILES string of the molecule is CN(CC(=O)N1CCCN(S(=O)(=O)c2ccc(F)cc2)CC1)S(=O)(=O)c1ccccc1. The number of hydrogen-bond acceptors (Lipinski definition) is 5. The van der Waals surface area contributed by atoms with Crippen molar-refractivity contribution in [2.24, 2.45) is 0 Å². The van der Waals surface area contributed by atoms with Crippen LogP contribution in [0.4, 0.5) is 4.39 Å². The fourth-order valence-corrected chi connectivity index (χ4v) is 5.90. The van der Waals surface area contributed by atoms with Crippen molar-refractivity contribution in [2.45, 2.75) is 16.2 Å². The van der Waals surface area contributed by atoms with Gasteiger partial charge in [-0.15, -0.1) is 0 Å². The van der Waals surface area contributed by atoms with E-state index < -0.39 is 31.8 Å². The molecule has 0 spiro atoms. The van der Waals surface area contributed by atoms with E-state index >= 15 is 0 Å². The summed E-state index contributed by atoms with van der Waals surface area (Å²) < 4.78 is 66.2. The zero-order valence-corrected chi connectivity index (χ0v) is 18.6. The Morgan fingerprint density at radius 2 is 1.55 bits per heavy atom. The summed E-state index contributed by atoms with van der Waals surface area (Å²) in [5, 5.41) is 0. The minimum Gasteiger partial charge on any atom is -0.340 e. The van der Waals surface area contributed by atoms with Crippen LogP contribution in [0.3, 0.4) is 0 Å². The van der Waals surface area contributed by atoms with Gasteiger partial charge in [0.25, 0.3) is 0 Å². The third-order valence-electron chi connectivity index (χ3n) is 5.07. The second kappa shape index (κ2) is 9.43. The first kappa shape index (κ1) is 23.3. The summed E-state index contributed by atoms with van der Waals surface area (Å²) in [4.78, 5) is 14.3. The van der Waals surface area contributed by atoms with Gasteiger partial charge >= 0.3 is 0 Å². The molecule has 1 saturated heterocycles. The molecule has 0 saturated carbocycles. The van der Waals surface area contributed by atoms with Crippen LogP contribution in [0.15, 0.2) is 64.4 Å². The van der Waals surface area contributed by atoms with Gasteiger partial charge in [-0.3, -0.25) is 4.79 Å². The summed E-state index contributed by atoms with van der Waals surface area (Å²) >= 11 is 0. The second-order valence-electron chi connectivity index (χ2n) is 7.17. The van der Waals surface area contributed by atoms with E-state index in [9.17, 15) is 26.0 Å². The number of hydrogen-bond donors (Lipinski definition) is 0. The summed E-state index contributed by atoms with van der Waals surface area (Å²) in [5.41, 5.74) is 0. The van der Waals surface area contributed by atoms with E-state index in [-0.39, 0.29) is 36.0 Å². The quantitative estimate of drug-likeness (QED) is 0.637. The number of rotatable bonds is 6. The van der Waals surface area contributed by atoms with Gasteiger partial charge in [-0.1, -0.05) is 18.2 Å². The highest BCUT2D eigenvalue weighted by Crippen LogP contribution is 2.19. The smallest absolute Gasteiger partial charge is 0.243 e. The largest absolute Gasteiger partial charge is 0.340 e. The summed E-state index contributed by atoms with van der Waals surface area (Å²) in [5.74, 6) is -0.927. The van der Waals surface area contributed by atoms with Gasteiger partial charge in [0.2, 0.25) is 26.0 Å². The molecular weight excluding hydrogens is 445 g/mol. The minimum atomic E-state index is -3.81. The Morgan fingerprint density at radius 1 is 0.903 bits per heavy atom. The zero-order valence-electron chi connectivity index (χ0n) is 17.0. The van der Waals surface area contributed by atoms with E-state index in [1.807, 2.05) is 0 Å². The van der Waals surface area contributed by atoms with Crippen LogP contribution in [0, 0.1) is 5.82 Å². The molecule has 0 aliphatic carbocycles. The van der Waals surface area contributed by atoms with Gasteiger partial charge in [0.15, 0.2) is 0 Å². The highest BCUT2D eigenvalue weighted by molar-refractivity contribution is 7.89. The van der Waals surface area contributed by atoms with Crippen LogP contribution >= 0.6 is 0 Å². The van der Waals surface area contributed by atoms with Crippen LogP contribution in [0.2, 0.25) is 0 Å². The highest BCUT2D eigenvalue weighted by atomic mass is 32.2. The summed E-state index contributed by atoms with van der Waals surface area (Å²) in [6.45, 7) is 0.385. The molecule has 1 heterocycles. The fraction of sp³-hybridized carbons (Fsp3) is 0.350. The zero-order chi connectivity index (χ0) is 22.6. The maximum Gasteiger partial charge on any atom is 0.243 e. The number of halogens is 1. The van der Waals surface area contributed by atoms with Crippen molar-refractivity contribution >= 4 is 26.0 Å². The van der Waals surface area contributed by atoms with Crippen molar-refractivity contribution in [3.63, 3.8) is 0 Å². The van der Waals surface area contributed by atoms with Crippen molar-refractivity contribution in [1.82, 2.24) is 13.5 Å². The van der Waals surface area contributed by atoms with Crippen molar-refractivity contribution in [3.05, 3.63) is 60.4 Å². The van der Waals surface area contributed by atoms with Crippen molar-refractivity contribution < 1.29 is 26.0 Å². The van der Waals surface area contributed by atoms with Crippen LogP contribution in [-0.2, 0) is 24.8 Å². The van der Waals surface area contributed by atoms with E-state index in [0.29, 0.717) is 13.0 Å². The fourth-order valence-electron chi connectivity index (χ4n) is 3.29. The van der Waals surface area contributed by atoms with Crippen molar-refractivity contribution in [2.75, 3.05) is 39.8 Å². The molecule has 0 N–H and O–H groups in total. The van der Waals surface area contributed by atoms with Crippen molar-refractivity contribution in [1.29, 1.82) is 0 Å². The molecule has 168 valence electrons. The molecule has 0 radical (unpaired) electrons. The van der Waals surface area contributed by atoms with Gasteiger partial charge < -0.3 is 4.90 Å². The molecule has 2 aromatic carbocycles. The third-order valence-corrected chi connectivity index (χ3v) is 8.80. The first-order valence-corrected chi connectivity index (χ1v) is 12.6. The Balaban J connectivity index is 1.65. The van der Waals surface area contributed by atoms with Crippen LogP contribution in [0.1, 0.15) is 6.42 Å². The highest BCUT2D eigenvalue weighted by Gasteiger charge is 2.30. The lowest BCUT2D eigenvalue weighted by Crippen LogP contribution is -2.43. The van der Waals surface area contributed by atoms with E-state index in [1.165, 1.54) is 40.5 Å². The van der Waals surface area contributed by atoms with E-state index in [0.717, 1.165) is 16.4 Å². The van der Waals surface area contributed by atoms with E-state index in [4.69, 9.17) is 0 Å². The van der Waals surface area contributed by atoms with E-state index in [2.05, 4.69) is 0 Å². The summed E-state index contributed by atoms with van der Waals surface area (Å²) in [7, 11) is -6.28. The molecule has 1 fully saturated rings. The lowest BCUT2D eigenvalue weighted by atomic mass is 10.4. The maximum absolute atomic E-state index is 13.1. The van der Waals surface area contributed by atoms with E-state index in [1.54, 1.807) is 18.2 Å². The minimum absolute atomic E-state index is 0.0117. The van der Waals surface area contributed by atoms with Crippen LogP contribution in [0.25, 0.3) is 0 Å². The number of carbonyl (C=O) groups excluding carboxylic acids is 1. The molecule has 0 aromatic heterocycles. The normalized spacial score (nSPS) is 16.3. The molecule has 1 aliphatic rings. The van der Waals surface area contributed by atoms with Crippen LogP contribution in [-0.4, -0.2) is 76.0 Å². The van der Waals surface area contributed by atoms with Gasteiger partial charge in [-0.05, 0) is 42.8 Å². The Bertz CT molecular complexity index is 1120. The van der Waals surface area contributed by atoms with Crippen LogP contribution in [0.5, 0.6) is 0 Å². The predicted octanol–water partition coefficient (Wildman–Crippen LogP) is 1.37. The molecule has 11 heteroatoms. The Labute approximate surface area is 182 Å². The summed E-state index contributed by atoms with van der Waals surface area (Å²) in [6.07, 6.45) is 0.404.